The second kappa shape index (κ2) is 7.62. The lowest BCUT2D eigenvalue weighted by atomic mass is 10.1. The highest BCUT2D eigenvalue weighted by molar-refractivity contribution is 6.33. The summed E-state index contributed by atoms with van der Waals surface area (Å²) in [7, 11) is 0. The number of halogens is 2. The normalized spacial score (nSPS) is 14.8. The van der Waals surface area contributed by atoms with Crippen LogP contribution in [0.15, 0.2) is 70.7 Å². The van der Waals surface area contributed by atoms with E-state index in [0.717, 1.165) is 5.56 Å². The van der Waals surface area contributed by atoms with Gasteiger partial charge in [-0.1, -0.05) is 29.3 Å². The highest BCUT2D eigenvalue weighted by Gasteiger charge is 2.22. The zero-order chi connectivity index (χ0) is 20.5. The maximum atomic E-state index is 12.2. The highest BCUT2D eigenvalue weighted by Crippen LogP contribution is 2.31. The number of carbonyl (C=O) groups excluding carboxylic acids is 1. The number of hydrogen-bond donors (Lipinski definition) is 1. The van der Waals surface area contributed by atoms with Gasteiger partial charge in [0.25, 0.3) is 0 Å². The molecule has 4 rings (SSSR count). The van der Waals surface area contributed by atoms with Crippen molar-refractivity contribution in [1.82, 2.24) is 0 Å². The van der Waals surface area contributed by atoms with Crippen LogP contribution in [0.5, 0.6) is 0 Å². The SMILES string of the molecule is O=C1OC(c2ccc(Cl)cc2)=CC1=Cc1ccc(-c2ccc(C(=O)O)c(Cl)c2)o1. The van der Waals surface area contributed by atoms with E-state index in [-0.39, 0.29) is 10.6 Å². The van der Waals surface area contributed by atoms with E-state index in [9.17, 15) is 9.59 Å². The van der Waals surface area contributed by atoms with E-state index in [1.54, 1.807) is 54.6 Å². The number of benzene rings is 2. The first-order valence-electron chi connectivity index (χ1n) is 8.45. The van der Waals surface area contributed by atoms with Crippen molar-refractivity contribution in [2.24, 2.45) is 0 Å². The largest absolute Gasteiger partial charge is 0.478 e. The van der Waals surface area contributed by atoms with Crippen LogP contribution in [0.25, 0.3) is 23.2 Å². The molecular weight excluding hydrogens is 415 g/mol. The van der Waals surface area contributed by atoms with Crippen LogP contribution < -0.4 is 0 Å². The second-order valence-electron chi connectivity index (χ2n) is 6.21. The van der Waals surface area contributed by atoms with Gasteiger partial charge in [-0.3, -0.25) is 0 Å². The predicted molar refractivity (Wildman–Crippen MR) is 110 cm³/mol. The van der Waals surface area contributed by atoms with Gasteiger partial charge in [0, 0.05) is 16.1 Å². The lowest BCUT2D eigenvalue weighted by Crippen LogP contribution is -1.97. The van der Waals surface area contributed by atoms with E-state index in [1.165, 1.54) is 12.1 Å². The summed E-state index contributed by atoms with van der Waals surface area (Å²) in [5.74, 6) is -0.222. The minimum absolute atomic E-state index is 0.0119. The minimum Gasteiger partial charge on any atom is -0.478 e. The number of ether oxygens (including phenoxy) is 1. The topological polar surface area (TPSA) is 76.7 Å². The highest BCUT2D eigenvalue weighted by atomic mass is 35.5. The molecule has 0 fully saturated rings. The molecule has 3 aromatic rings. The molecule has 144 valence electrons. The number of aromatic carboxylic acids is 1. The first kappa shape index (κ1) is 19.1. The van der Waals surface area contributed by atoms with Gasteiger partial charge in [-0.15, -0.1) is 0 Å². The molecule has 29 heavy (non-hydrogen) atoms. The standard InChI is InChI=1S/C22H12Cl2O5/c23-15-4-1-12(2-5-15)20-11-14(22(27)29-20)9-16-6-8-19(28-16)13-3-7-17(21(25)26)18(24)10-13/h1-11H,(H,25,26). The fourth-order valence-electron chi connectivity index (χ4n) is 2.83. The van der Waals surface area contributed by atoms with Gasteiger partial charge >= 0.3 is 11.9 Å². The Morgan fingerprint density at radius 3 is 2.38 bits per heavy atom. The van der Waals surface area contributed by atoms with E-state index >= 15 is 0 Å². The van der Waals surface area contributed by atoms with Crippen LogP contribution in [0.4, 0.5) is 0 Å². The summed E-state index contributed by atoms with van der Waals surface area (Å²) in [6.07, 6.45) is 3.20. The van der Waals surface area contributed by atoms with Crippen LogP contribution in [-0.4, -0.2) is 17.0 Å². The fraction of sp³-hybridized carbons (Fsp3) is 0. The van der Waals surface area contributed by atoms with E-state index in [1.807, 2.05) is 0 Å². The third-order valence-electron chi connectivity index (χ3n) is 4.26. The van der Waals surface area contributed by atoms with Gasteiger partial charge in [0.05, 0.1) is 16.2 Å². The number of cyclic esters (lactones) is 1. The van der Waals surface area contributed by atoms with Crippen LogP contribution in [0.1, 0.15) is 21.7 Å². The Balaban J connectivity index is 1.60. The van der Waals surface area contributed by atoms with E-state index in [0.29, 0.717) is 33.4 Å². The van der Waals surface area contributed by atoms with Gasteiger partial charge in [0.1, 0.15) is 17.3 Å². The summed E-state index contributed by atoms with van der Waals surface area (Å²) < 4.78 is 11.1. The molecule has 0 amide bonds. The molecule has 1 N–H and O–H groups in total. The molecular formula is C22H12Cl2O5. The van der Waals surface area contributed by atoms with Crippen LogP contribution in [0.3, 0.4) is 0 Å². The average Bonchev–Trinajstić information content (AvgIpc) is 3.29. The van der Waals surface area contributed by atoms with E-state index in [2.05, 4.69) is 0 Å². The van der Waals surface area contributed by atoms with Crippen LogP contribution in [0.2, 0.25) is 10.0 Å². The maximum absolute atomic E-state index is 12.2. The van der Waals surface area contributed by atoms with Crippen molar-refractivity contribution < 1.29 is 23.8 Å². The monoisotopic (exact) mass is 426 g/mol. The van der Waals surface area contributed by atoms with Crippen LogP contribution in [-0.2, 0) is 9.53 Å². The van der Waals surface area contributed by atoms with Crippen molar-refractivity contribution in [3.63, 3.8) is 0 Å². The molecule has 1 aliphatic heterocycles. The summed E-state index contributed by atoms with van der Waals surface area (Å²) >= 11 is 11.9. The number of carbonyl (C=O) groups is 2. The van der Waals surface area contributed by atoms with E-state index < -0.39 is 11.9 Å². The number of esters is 1. The molecule has 0 unspecified atom stereocenters. The summed E-state index contributed by atoms with van der Waals surface area (Å²) in [5.41, 5.74) is 1.71. The quantitative estimate of drug-likeness (QED) is 0.412. The molecule has 0 atom stereocenters. The first-order chi connectivity index (χ1) is 13.9. The molecule has 0 spiro atoms. The number of carboxylic acids is 1. The lowest BCUT2D eigenvalue weighted by Gasteiger charge is -2.01. The molecule has 0 aliphatic carbocycles. The van der Waals surface area contributed by atoms with Crippen molar-refractivity contribution in [1.29, 1.82) is 0 Å². The average molecular weight is 427 g/mol. The number of hydrogen-bond acceptors (Lipinski definition) is 4. The molecule has 1 aromatic heterocycles. The van der Waals surface area contributed by atoms with Crippen molar-refractivity contribution in [2.75, 3.05) is 0 Å². The molecule has 0 saturated heterocycles. The Kier molecular flexibility index (Phi) is 5.01. The Bertz CT molecular complexity index is 1190. The Hall–Kier alpha value is -3.28. The summed E-state index contributed by atoms with van der Waals surface area (Å²) in [5, 5.41) is 9.77. The zero-order valence-corrected chi connectivity index (χ0v) is 16.2. The molecule has 7 heteroatoms. The van der Waals surface area contributed by atoms with Crippen molar-refractivity contribution >= 4 is 47.0 Å². The minimum atomic E-state index is -1.10. The van der Waals surface area contributed by atoms with Gasteiger partial charge in [0.15, 0.2) is 0 Å². The lowest BCUT2D eigenvalue weighted by molar-refractivity contribution is -0.130. The first-order valence-corrected chi connectivity index (χ1v) is 9.21. The maximum Gasteiger partial charge on any atom is 0.343 e. The van der Waals surface area contributed by atoms with Crippen molar-refractivity contribution in [2.45, 2.75) is 0 Å². The third-order valence-corrected chi connectivity index (χ3v) is 4.83. The fourth-order valence-corrected chi connectivity index (χ4v) is 3.21. The van der Waals surface area contributed by atoms with Crippen LogP contribution >= 0.6 is 23.2 Å². The molecule has 2 heterocycles. The number of carboxylic acid groups (broad SMARTS) is 1. The summed E-state index contributed by atoms with van der Waals surface area (Å²) in [6.45, 7) is 0. The second-order valence-corrected chi connectivity index (χ2v) is 7.05. The Morgan fingerprint density at radius 2 is 1.69 bits per heavy atom. The smallest absolute Gasteiger partial charge is 0.343 e. The molecule has 0 bridgehead atoms. The zero-order valence-electron chi connectivity index (χ0n) is 14.7. The van der Waals surface area contributed by atoms with Gasteiger partial charge in [-0.25, -0.2) is 9.59 Å². The van der Waals surface area contributed by atoms with Crippen LogP contribution in [0, 0.1) is 0 Å². The van der Waals surface area contributed by atoms with Crippen molar-refractivity contribution in [3.05, 3.63) is 93.2 Å². The Labute approximate surface area is 175 Å². The molecule has 5 nitrogen and oxygen atoms in total. The molecule has 0 saturated carbocycles. The Morgan fingerprint density at radius 1 is 0.966 bits per heavy atom. The summed E-state index contributed by atoms with van der Waals surface area (Å²) in [6, 6.07) is 14.9. The molecule has 0 radical (unpaired) electrons. The molecule has 2 aromatic carbocycles. The van der Waals surface area contributed by atoms with E-state index in [4.69, 9.17) is 37.5 Å². The predicted octanol–water partition coefficient (Wildman–Crippen LogP) is 5.93. The van der Waals surface area contributed by atoms with Gasteiger partial charge < -0.3 is 14.3 Å². The number of rotatable bonds is 4. The third kappa shape index (κ3) is 3.97. The number of furan rings is 1. The van der Waals surface area contributed by atoms with Gasteiger partial charge in [-0.2, -0.15) is 0 Å². The van der Waals surface area contributed by atoms with Gasteiger partial charge in [0.2, 0.25) is 0 Å². The van der Waals surface area contributed by atoms with Gasteiger partial charge in [-0.05, 0) is 60.7 Å². The summed E-state index contributed by atoms with van der Waals surface area (Å²) in [4.78, 5) is 23.2. The van der Waals surface area contributed by atoms with Crippen molar-refractivity contribution in [3.8, 4) is 11.3 Å². The molecule has 1 aliphatic rings.